The van der Waals surface area contributed by atoms with Crippen LogP contribution in [0.25, 0.3) is 0 Å². The number of rotatable bonds is 8. The van der Waals surface area contributed by atoms with E-state index in [0.29, 0.717) is 5.92 Å². The van der Waals surface area contributed by atoms with Gasteiger partial charge >= 0.3 is 0 Å². The Morgan fingerprint density at radius 2 is 2.04 bits per heavy atom. The van der Waals surface area contributed by atoms with E-state index in [9.17, 15) is 0 Å². The Labute approximate surface area is 149 Å². The largest absolute Gasteiger partial charge is 0.496 e. The molecule has 0 aliphatic carbocycles. The summed E-state index contributed by atoms with van der Waals surface area (Å²) >= 11 is 1.79. The molecule has 1 unspecified atom stereocenters. The molecule has 0 bridgehead atoms. The second-order valence-corrected chi connectivity index (χ2v) is 6.60. The van der Waals surface area contributed by atoms with Crippen LogP contribution in [0.3, 0.4) is 0 Å². The van der Waals surface area contributed by atoms with Crippen molar-refractivity contribution in [3.8, 4) is 5.75 Å². The fourth-order valence-corrected chi connectivity index (χ4v) is 3.23. The van der Waals surface area contributed by atoms with Crippen molar-refractivity contribution < 1.29 is 4.74 Å². The van der Waals surface area contributed by atoms with Crippen LogP contribution in [-0.4, -0.2) is 32.7 Å². The number of nitrogens with one attached hydrogen (secondary N) is 2. The molecule has 130 valence electrons. The highest BCUT2D eigenvalue weighted by Gasteiger charge is 2.07. The van der Waals surface area contributed by atoms with Crippen LogP contribution in [0.1, 0.15) is 30.2 Å². The number of aliphatic imine (C=N–C) groups is 1. The molecule has 1 heterocycles. The fraction of sp³-hybridized carbons (Fsp3) is 0.421. The summed E-state index contributed by atoms with van der Waals surface area (Å²) in [4.78, 5) is 6.09. The normalized spacial score (nSPS) is 12.7. The summed E-state index contributed by atoms with van der Waals surface area (Å²) in [5, 5.41) is 8.83. The Morgan fingerprint density at radius 3 is 2.75 bits per heavy atom. The zero-order valence-corrected chi connectivity index (χ0v) is 15.5. The summed E-state index contributed by atoms with van der Waals surface area (Å²) in [7, 11) is 1.71. The highest BCUT2D eigenvalue weighted by atomic mass is 32.1. The molecule has 2 aromatic rings. The zero-order chi connectivity index (χ0) is 17.2. The number of nitrogens with zero attached hydrogens (tertiary/aromatic N) is 1. The summed E-state index contributed by atoms with van der Waals surface area (Å²) < 4.78 is 5.40. The van der Waals surface area contributed by atoms with Crippen LogP contribution in [0.5, 0.6) is 5.75 Å². The van der Waals surface area contributed by atoms with E-state index in [1.165, 1.54) is 10.4 Å². The first-order valence-corrected chi connectivity index (χ1v) is 9.30. The molecule has 0 fully saturated rings. The topological polar surface area (TPSA) is 45.7 Å². The van der Waals surface area contributed by atoms with Crippen molar-refractivity contribution in [2.45, 2.75) is 26.2 Å². The van der Waals surface area contributed by atoms with Gasteiger partial charge < -0.3 is 15.4 Å². The molecule has 1 aromatic carbocycles. The van der Waals surface area contributed by atoms with Crippen molar-refractivity contribution in [2.24, 2.45) is 4.99 Å². The minimum Gasteiger partial charge on any atom is -0.496 e. The van der Waals surface area contributed by atoms with Crippen molar-refractivity contribution >= 4 is 17.3 Å². The molecule has 0 aliphatic heterocycles. The Morgan fingerprint density at radius 1 is 1.21 bits per heavy atom. The van der Waals surface area contributed by atoms with Crippen LogP contribution >= 0.6 is 11.3 Å². The van der Waals surface area contributed by atoms with Gasteiger partial charge in [-0.25, -0.2) is 0 Å². The van der Waals surface area contributed by atoms with Crippen LogP contribution in [0.4, 0.5) is 0 Å². The van der Waals surface area contributed by atoms with Gasteiger partial charge in [0.25, 0.3) is 0 Å². The average molecular weight is 346 g/mol. The molecule has 0 amide bonds. The molecule has 24 heavy (non-hydrogen) atoms. The number of hydrogen-bond donors (Lipinski definition) is 2. The lowest BCUT2D eigenvalue weighted by molar-refractivity contribution is 0.409. The molecule has 0 saturated heterocycles. The van der Waals surface area contributed by atoms with Crippen LogP contribution in [0.2, 0.25) is 0 Å². The maximum atomic E-state index is 5.40. The molecule has 5 heteroatoms. The van der Waals surface area contributed by atoms with E-state index in [4.69, 9.17) is 9.73 Å². The van der Waals surface area contributed by atoms with Gasteiger partial charge in [-0.15, -0.1) is 11.3 Å². The highest BCUT2D eigenvalue weighted by Crippen LogP contribution is 2.20. The number of guanidine groups is 1. The second kappa shape index (κ2) is 9.98. The molecule has 4 nitrogen and oxygen atoms in total. The van der Waals surface area contributed by atoms with E-state index in [1.807, 2.05) is 18.2 Å². The van der Waals surface area contributed by atoms with Crippen molar-refractivity contribution in [1.82, 2.24) is 10.6 Å². The average Bonchev–Trinajstić information content (AvgIpc) is 3.14. The molecule has 1 aromatic heterocycles. The Kier molecular flexibility index (Phi) is 7.62. The minimum absolute atomic E-state index is 0.440. The van der Waals surface area contributed by atoms with Gasteiger partial charge in [-0.1, -0.05) is 31.2 Å². The molecular weight excluding hydrogens is 318 g/mol. The van der Waals surface area contributed by atoms with Crippen LogP contribution in [0.15, 0.2) is 46.8 Å². The number of hydrogen-bond acceptors (Lipinski definition) is 3. The number of benzene rings is 1. The Balaban J connectivity index is 1.87. The van der Waals surface area contributed by atoms with Crippen molar-refractivity contribution in [3.05, 3.63) is 52.2 Å². The number of ether oxygens (including phenoxy) is 1. The molecular formula is C19H27N3OS. The predicted molar refractivity (Wildman–Crippen MR) is 103 cm³/mol. The summed E-state index contributed by atoms with van der Waals surface area (Å²) in [6, 6.07) is 12.4. The number of para-hydroxylation sites is 1. The zero-order valence-electron chi connectivity index (χ0n) is 14.7. The van der Waals surface area contributed by atoms with Crippen molar-refractivity contribution in [1.29, 1.82) is 0 Å². The Hall–Kier alpha value is -2.01. The van der Waals surface area contributed by atoms with Crippen LogP contribution in [-0.2, 0) is 6.42 Å². The van der Waals surface area contributed by atoms with Gasteiger partial charge in [0.05, 0.1) is 13.7 Å². The van der Waals surface area contributed by atoms with E-state index >= 15 is 0 Å². The molecule has 0 saturated carbocycles. The predicted octanol–water partition coefficient (Wildman–Crippen LogP) is 3.66. The van der Waals surface area contributed by atoms with Crippen molar-refractivity contribution in [3.63, 3.8) is 0 Å². The maximum absolute atomic E-state index is 5.40. The van der Waals surface area contributed by atoms with E-state index in [-0.39, 0.29) is 0 Å². The molecule has 2 rings (SSSR count). The van der Waals surface area contributed by atoms with Gasteiger partial charge in [0, 0.05) is 23.9 Å². The van der Waals surface area contributed by atoms with Gasteiger partial charge in [-0.2, -0.15) is 0 Å². The lowest BCUT2D eigenvalue weighted by Crippen LogP contribution is -2.38. The molecule has 0 radical (unpaired) electrons. The molecule has 0 spiro atoms. The second-order valence-electron chi connectivity index (χ2n) is 5.62. The smallest absolute Gasteiger partial charge is 0.191 e. The lowest BCUT2D eigenvalue weighted by atomic mass is 10.1. The maximum Gasteiger partial charge on any atom is 0.191 e. The summed E-state index contributed by atoms with van der Waals surface area (Å²) in [5.74, 6) is 2.25. The quantitative estimate of drug-likeness (QED) is 0.567. The van der Waals surface area contributed by atoms with Crippen LogP contribution in [0, 0.1) is 0 Å². The van der Waals surface area contributed by atoms with E-state index < -0.39 is 0 Å². The summed E-state index contributed by atoms with van der Waals surface area (Å²) in [6.07, 6.45) is 0.898. The number of thiophene rings is 1. The van der Waals surface area contributed by atoms with Gasteiger partial charge in [0.1, 0.15) is 5.75 Å². The fourth-order valence-electron chi connectivity index (χ4n) is 2.46. The summed E-state index contributed by atoms with van der Waals surface area (Å²) in [5.41, 5.74) is 1.20. The number of methoxy groups -OCH3 is 1. The van der Waals surface area contributed by atoms with E-state index in [0.717, 1.165) is 37.8 Å². The summed E-state index contributed by atoms with van der Waals surface area (Å²) in [6.45, 7) is 6.76. The monoisotopic (exact) mass is 345 g/mol. The first-order valence-electron chi connectivity index (χ1n) is 8.42. The van der Waals surface area contributed by atoms with Gasteiger partial charge in [0.15, 0.2) is 5.96 Å². The van der Waals surface area contributed by atoms with Gasteiger partial charge in [-0.05, 0) is 36.4 Å². The van der Waals surface area contributed by atoms with E-state index in [1.54, 1.807) is 18.4 Å². The first kappa shape index (κ1) is 18.3. The third-order valence-electron chi connectivity index (χ3n) is 3.78. The highest BCUT2D eigenvalue weighted by molar-refractivity contribution is 7.10. The minimum atomic E-state index is 0.440. The standard InChI is InChI=1S/C19H27N3OS/c1-4-20-19(22-14-15(2)18-10-7-13-24-18)21-12-11-16-8-5-6-9-17(16)23-3/h5-10,13,15H,4,11-12,14H2,1-3H3,(H2,20,21,22). The Bertz CT molecular complexity index is 625. The van der Waals surface area contributed by atoms with Gasteiger partial charge in [-0.3, -0.25) is 4.99 Å². The lowest BCUT2D eigenvalue weighted by Gasteiger charge is -2.14. The third kappa shape index (κ3) is 5.57. The van der Waals surface area contributed by atoms with Crippen LogP contribution < -0.4 is 15.4 Å². The van der Waals surface area contributed by atoms with E-state index in [2.05, 4.69) is 48.1 Å². The van der Waals surface area contributed by atoms with Gasteiger partial charge in [0.2, 0.25) is 0 Å². The molecule has 2 N–H and O–H groups in total. The molecule has 0 aliphatic rings. The SMILES string of the molecule is CCNC(=NCC(C)c1cccs1)NCCc1ccccc1OC. The van der Waals surface area contributed by atoms with Crippen molar-refractivity contribution in [2.75, 3.05) is 26.7 Å². The molecule has 1 atom stereocenters. The third-order valence-corrected chi connectivity index (χ3v) is 4.88. The first-order chi connectivity index (χ1) is 11.7.